The lowest BCUT2D eigenvalue weighted by molar-refractivity contribution is -0.150. The van der Waals surface area contributed by atoms with Gasteiger partial charge < -0.3 is 9.52 Å². The number of carboxylic acids is 1. The first kappa shape index (κ1) is 14.6. The zero-order valence-electron chi connectivity index (χ0n) is 12.4. The summed E-state index contributed by atoms with van der Waals surface area (Å²) in [6.07, 6.45) is 1.24. The summed E-state index contributed by atoms with van der Waals surface area (Å²) in [5.41, 5.74) is 1.85. The number of fused-ring (bicyclic) bond motifs is 1. The lowest BCUT2D eigenvalue weighted by Gasteiger charge is -2.27. The molecule has 4 heteroatoms. The van der Waals surface area contributed by atoms with Crippen LogP contribution in [0.15, 0.2) is 22.6 Å². The number of hydrogen-bond donors (Lipinski definition) is 1. The van der Waals surface area contributed by atoms with Gasteiger partial charge in [-0.15, -0.1) is 0 Å². The number of aliphatic carboxylic acids is 1. The lowest BCUT2D eigenvalue weighted by atomic mass is 9.76. The minimum Gasteiger partial charge on any atom is -0.481 e. The zero-order chi connectivity index (χ0) is 14.9. The molecule has 1 aromatic heterocycles. The van der Waals surface area contributed by atoms with Crippen LogP contribution < -0.4 is 0 Å². The number of aromatic nitrogens is 1. The smallest absolute Gasteiger partial charge is 0.310 e. The van der Waals surface area contributed by atoms with Gasteiger partial charge in [0, 0.05) is 6.42 Å². The molecule has 2 aromatic rings. The maximum absolute atomic E-state index is 11.5. The SMILES string of the molecule is CCc1ccc2oc(CC(C)(C(=O)O)C(C)C)nc2c1. The molecular weight excluding hydrogens is 254 g/mol. The number of carbonyl (C=O) groups is 1. The van der Waals surface area contributed by atoms with Crippen LogP contribution in [0.3, 0.4) is 0 Å². The van der Waals surface area contributed by atoms with Crippen molar-refractivity contribution in [2.75, 3.05) is 0 Å². The van der Waals surface area contributed by atoms with Crippen molar-refractivity contribution in [3.8, 4) is 0 Å². The normalized spacial score (nSPS) is 14.7. The van der Waals surface area contributed by atoms with Crippen LogP contribution in [-0.4, -0.2) is 16.1 Å². The average Bonchev–Trinajstić information content (AvgIpc) is 2.78. The van der Waals surface area contributed by atoms with Crippen LogP contribution in [0.25, 0.3) is 11.1 Å². The molecule has 0 saturated carbocycles. The molecule has 4 nitrogen and oxygen atoms in total. The monoisotopic (exact) mass is 275 g/mol. The Kier molecular flexibility index (Phi) is 3.84. The number of rotatable bonds is 5. The second kappa shape index (κ2) is 5.27. The third kappa shape index (κ3) is 2.55. The van der Waals surface area contributed by atoms with E-state index in [1.54, 1.807) is 6.92 Å². The fourth-order valence-corrected chi connectivity index (χ4v) is 2.16. The molecule has 108 valence electrons. The molecule has 0 aliphatic heterocycles. The predicted octanol–water partition coefficient (Wildman–Crippen LogP) is 3.68. The zero-order valence-corrected chi connectivity index (χ0v) is 12.4. The van der Waals surface area contributed by atoms with Gasteiger partial charge in [0.25, 0.3) is 0 Å². The molecule has 0 fully saturated rings. The van der Waals surface area contributed by atoms with Gasteiger partial charge in [-0.05, 0) is 37.0 Å². The topological polar surface area (TPSA) is 63.3 Å². The highest BCUT2D eigenvalue weighted by molar-refractivity contribution is 5.76. The molecule has 20 heavy (non-hydrogen) atoms. The summed E-state index contributed by atoms with van der Waals surface area (Å²) >= 11 is 0. The number of benzene rings is 1. The molecule has 0 saturated heterocycles. The van der Waals surface area contributed by atoms with Crippen molar-refractivity contribution in [1.82, 2.24) is 4.98 Å². The number of hydrogen-bond acceptors (Lipinski definition) is 3. The van der Waals surface area contributed by atoms with E-state index in [-0.39, 0.29) is 5.92 Å². The number of aryl methyl sites for hydroxylation is 1. The molecule has 0 aliphatic carbocycles. The van der Waals surface area contributed by atoms with E-state index in [1.165, 1.54) is 5.56 Å². The molecule has 0 radical (unpaired) electrons. The van der Waals surface area contributed by atoms with Gasteiger partial charge in [-0.2, -0.15) is 0 Å². The molecule has 1 heterocycles. The van der Waals surface area contributed by atoms with E-state index < -0.39 is 11.4 Å². The summed E-state index contributed by atoms with van der Waals surface area (Å²) in [6, 6.07) is 5.91. The van der Waals surface area contributed by atoms with Gasteiger partial charge in [0.05, 0.1) is 5.41 Å². The van der Waals surface area contributed by atoms with E-state index in [0.717, 1.165) is 11.9 Å². The molecule has 0 spiro atoms. The van der Waals surface area contributed by atoms with Crippen LogP contribution in [0, 0.1) is 11.3 Å². The fraction of sp³-hybridized carbons (Fsp3) is 0.500. The average molecular weight is 275 g/mol. The Morgan fingerprint density at radius 2 is 2.15 bits per heavy atom. The lowest BCUT2D eigenvalue weighted by Crippen LogP contribution is -2.35. The summed E-state index contributed by atoms with van der Waals surface area (Å²) in [5.74, 6) is -0.322. The van der Waals surface area contributed by atoms with Crippen LogP contribution in [-0.2, 0) is 17.6 Å². The van der Waals surface area contributed by atoms with Crippen molar-refractivity contribution in [2.45, 2.75) is 40.5 Å². The van der Waals surface area contributed by atoms with Crippen molar-refractivity contribution in [2.24, 2.45) is 11.3 Å². The van der Waals surface area contributed by atoms with Gasteiger partial charge in [0.15, 0.2) is 11.5 Å². The van der Waals surface area contributed by atoms with Gasteiger partial charge in [-0.1, -0.05) is 26.8 Å². The minimum atomic E-state index is -0.867. The van der Waals surface area contributed by atoms with Crippen molar-refractivity contribution in [1.29, 1.82) is 0 Å². The maximum Gasteiger partial charge on any atom is 0.310 e. The third-order valence-electron chi connectivity index (χ3n) is 4.19. The van der Waals surface area contributed by atoms with Crippen LogP contribution in [0.2, 0.25) is 0 Å². The molecule has 1 atom stereocenters. The van der Waals surface area contributed by atoms with E-state index in [1.807, 2.05) is 32.0 Å². The quantitative estimate of drug-likeness (QED) is 0.904. The Balaban J connectivity index is 2.36. The van der Waals surface area contributed by atoms with Gasteiger partial charge >= 0.3 is 5.97 Å². The minimum absolute atomic E-state index is 0.00113. The molecule has 0 bridgehead atoms. The molecule has 1 aromatic carbocycles. The summed E-state index contributed by atoms with van der Waals surface area (Å²) < 4.78 is 5.69. The van der Waals surface area contributed by atoms with E-state index in [0.29, 0.717) is 17.9 Å². The highest BCUT2D eigenvalue weighted by Crippen LogP contribution is 2.32. The standard InChI is InChI=1S/C16H21NO3/c1-5-11-6-7-13-12(8-11)17-14(20-13)9-16(4,10(2)3)15(18)19/h6-8,10H,5,9H2,1-4H3,(H,18,19). The van der Waals surface area contributed by atoms with Gasteiger partial charge in [-0.25, -0.2) is 4.98 Å². The van der Waals surface area contributed by atoms with E-state index in [2.05, 4.69) is 11.9 Å². The number of carboxylic acid groups (broad SMARTS) is 1. The molecule has 1 unspecified atom stereocenters. The third-order valence-corrected chi connectivity index (χ3v) is 4.19. The molecule has 1 N–H and O–H groups in total. The molecule has 0 aliphatic rings. The van der Waals surface area contributed by atoms with Crippen molar-refractivity contribution < 1.29 is 14.3 Å². The first-order chi connectivity index (χ1) is 9.36. The highest BCUT2D eigenvalue weighted by Gasteiger charge is 2.38. The second-order valence-electron chi connectivity index (χ2n) is 5.82. The van der Waals surface area contributed by atoms with Crippen LogP contribution in [0.4, 0.5) is 0 Å². The summed E-state index contributed by atoms with van der Waals surface area (Å²) in [5, 5.41) is 9.45. The van der Waals surface area contributed by atoms with Crippen molar-refractivity contribution >= 4 is 17.1 Å². The highest BCUT2D eigenvalue weighted by atomic mass is 16.4. The van der Waals surface area contributed by atoms with Gasteiger partial charge in [-0.3, -0.25) is 4.79 Å². The Labute approximate surface area is 118 Å². The fourth-order valence-electron chi connectivity index (χ4n) is 2.16. The first-order valence-electron chi connectivity index (χ1n) is 6.98. The number of nitrogens with zero attached hydrogens (tertiary/aromatic N) is 1. The molecule has 2 rings (SSSR count). The van der Waals surface area contributed by atoms with Crippen LogP contribution >= 0.6 is 0 Å². The van der Waals surface area contributed by atoms with E-state index in [9.17, 15) is 9.90 Å². The largest absolute Gasteiger partial charge is 0.481 e. The summed E-state index contributed by atoms with van der Waals surface area (Å²) in [4.78, 5) is 16.0. The van der Waals surface area contributed by atoms with Crippen molar-refractivity contribution in [3.05, 3.63) is 29.7 Å². The second-order valence-corrected chi connectivity index (χ2v) is 5.82. The molecular formula is C16H21NO3. The first-order valence-corrected chi connectivity index (χ1v) is 6.98. The molecule has 0 amide bonds. The summed E-state index contributed by atoms with van der Waals surface area (Å²) in [7, 11) is 0. The number of oxazole rings is 1. The Hall–Kier alpha value is -1.84. The van der Waals surface area contributed by atoms with Crippen LogP contribution in [0.5, 0.6) is 0 Å². The van der Waals surface area contributed by atoms with Gasteiger partial charge in [0.2, 0.25) is 0 Å². The van der Waals surface area contributed by atoms with E-state index >= 15 is 0 Å². The van der Waals surface area contributed by atoms with Crippen LogP contribution in [0.1, 0.15) is 39.1 Å². The Morgan fingerprint density at radius 3 is 2.70 bits per heavy atom. The summed E-state index contributed by atoms with van der Waals surface area (Å²) in [6.45, 7) is 7.65. The maximum atomic E-state index is 11.5. The van der Waals surface area contributed by atoms with Crippen molar-refractivity contribution in [3.63, 3.8) is 0 Å². The Bertz CT molecular complexity index is 630. The predicted molar refractivity (Wildman–Crippen MR) is 77.7 cm³/mol. The van der Waals surface area contributed by atoms with Gasteiger partial charge in [0.1, 0.15) is 5.52 Å². The Morgan fingerprint density at radius 1 is 1.45 bits per heavy atom. The van der Waals surface area contributed by atoms with E-state index in [4.69, 9.17) is 4.42 Å².